The molecular formula is C19H21N3O2S. The fourth-order valence-corrected chi connectivity index (χ4v) is 4.50. The quantitative estimate of drug-likeness (QED) is 0.795. The van der Waals surface area contributed by atoms with Gasteiger partial charge in [-0.15, -0.1) is 11.3 Å². The van der Waals surface area contributed by atoms with Crippen molar-refractivity contribution in [2.45, 2.75) is 19.8 Å². The molecule has 2 saturated heterocycles. The van der Waals surface area contributed by atoms with E-state index in [9.17, 15) is 9.59 Å². The van der Waals surface area contributed by atoms with E-state index in [0.717, 1.165) is 16.4 Å². The van der Waals surface area contributed by atoms with Crippen molar-refractivity contribution in [3.63, 3.8) is 0 Å². The highest BCUT2D eigenvalue weighted by atomic mass is 32.1. The Labute approximate surface area is 151 Å². The Morgan fingerprint density at radius 2 is 1.68 bits per heavy atom. The van der Waals surface area contributed by atoms with Crippen LogP contribution in [0.4, 0.5) is 5.13 Å². The largest absolute Gasteiger partial charge is 0.346 e. The van der Waals surface area contributed by atoms with Gasteiger partial charge in [0.25, 0.3) is 0 Å². The second-order valence-corrected chi connectivity index (χ2v) is 7.98. The molecule has 3 heterocycles. The van der Waals surface area contributed by atoms with E-state index in [2.05, 4.69) is 43.0 Å². The molecule has 0 bridgehead atoms. The van der Waals surface area contributed by atoms with Crippen LogP contribution in [0.15, 0.2) is 29.6 Å². The van der Waals surface area contributed by atoms with Crippen LogP contribution in [-0.4, -0.2) is 41.8 Å². The Hall–Kier alpha value is -2.21. The van der Waals surface area contributed by atoms with Crippen LogP contribution in [0.3, 0.4) is 0 Å². The fraction of sp³-hybridized carbons (Fsp3) is 0.421. The molecule has 2 fully saturated rings. The summed E-state index contributed by atoms with van der Waals surface area (Å²) in [6.45, 7) is 5.53. The van der Waals surface area contributed by atoms with Gasteiger partial charge in [0, 0.05) is 31.1 Å². The van der Waals surface area contributed by atoms with Gasteiger partial charge in [-0.25, -0.2) is 4.98 Å². The summed E-state index contributed by atoms with van der Waals surface area (Å²) < 4.78 is 0. The summed E-state index contributed by atoms with van der Waals surface area (Å²) in [7, 11) is 1.58. The number of rotatable bonds is 3. The number of benzene rings is 1. The lowest BCUT2D eigenvalue weighted by Gasteiger charge is -2.17. The summed E-state index contributed by atoms with van der Waals surface area (Å²) in [4.78, 5) is 32.4. The normalized spacial score (nSPS) is 23.0. The molecule has 25 heavy (non-hydrogen) atoms. The molecule has 4 rings (SSSR count). The Morgan fingerprint density at radius 3 is 2.24 bits per heavy atom. The summed E-state index contributed by atoms with van der Waals surface area (Å²) >= 11 is 1.57. The van der Waals surface area contributed by atoms with Crippen LogP contribution in [0.5, 0.6) is 0 Å². The molecule has 0 aliphatic carbocycles. The van der Waals surface area contributed by atoms with Gasteiger partial charge in [-0.3, -0.25) is 14.5 Å². The van der Waals surface area contributed by atoms with E-state index in [1.807, 2.05) is 5.38 Å². The molecule has 2 amide bonds. The predicted octanol–water partition coefficient (Wildman–Crippen LogP) is 2.98. The first-order chi connectivity index (χ1) is 12.0. The van der Waals surface area contributed by atoms with Crippen LogP contribution in [0.2, 0.25) is 0 Å². The molecule has 2 aromatic rings. The number of likely N-dealkylation sites (tertiary alicyclic amines) is 1. The monoisotopic (exact) mass is 355 g/mol. The molecule has 0 saturated carbocycles. The van der Waals surface area contributed by atoms with Crippen LogP contribution in [0.1, 0.15) is 25.3 Å². The van der Waals surface area contributed by atoms with Crippen LogP contribution in [0.25, 0.3) is 11.3 Å². The lowest BCUT2D eigenvalue weighted by atomic mass is 10.00. The maximum Gasteiger partial charge on any atom is 0.234 e. The number of carbonyl (C=O) groups excluding carboxylic acids is 2. The minimum atomic E-state index is -0.213. The third-order valence-electron chi connectivity index (χ3n) is 5.25. The van der Waals surface area contributed by atoms with Gasteiger partial charge in [0.05, 0.1) is 17.5 Å². The van der Waals surface area contributed by atoms with Crippen molar-refractivity contribution in [1.29, 1.82) is 0 Å². The number of aromatic nitrogens is 1. The molecule has 1 aromatic heterocycles. The van der Waals surface area contributed by atoms with E-state index in [-0.39, 0.29) is 23.7 Å². The molecule has 2 aliphatic rings. The zero-order chi connectivity index (χ0) is 17.7. The minimum absolute atomic E-state index is 0.0569. The molecule has 2 atom stereocenters. The van der Waals surface area contributed by atoms with Crippen molar-refractivity contribution in [2.24, 2.45) is 11.8 Å². The number of fused-ring (bicyclic) bond motifs is 1. The third kappa shape index (κ3) is 2.65. The van der Waals surface area contributed by atoms with Gasteiger partial charge in [0.2, 0.25) is 11.8 Å². The van der Waals surface area contributed by atoms with E-state index < -0.39 is 0 Å². The molecule has 1 aromatic carbocycles. The number of anilines is 1. The van der Waals surface area contributed by atoms with Crippen molar-refractivity contribution < 1.29 is 9.59 Å². The van der Waals surface area contributed by atoms with Gasteiger partial charge in [-0.2, -0.15) is 0 Å². The highest BCUT2D eigenvalue weighted by molar-refractivity contribution is 7.14. The topological polar surface area (TPSA) is 53.5 Å². The highest BCUT2D eigenvalue weighted by Gasteiger charge is 2.51. The number of hydrogen-bond acceptors (Lipinski definition) is 5. The highest BCUT2D eigenvalue weighted by Crippen LogP contribution is 2.37. The lowest BCUT2D eigenvalue weighted by molar-refractivity contribution is -0.138. The van der Waals surface area contributed by atoms with Crippen LogP contribution in [-0.2, 0) is 9.59 Å². The van der Waals surface area contributed by atoms with E-state index >= 15 is 0 Å². The van der Waals surface area contributed by atoms with Gasteiger partial charge >= 0.3 is 0 Å². The van der Waals surface area contributed by atoms with E-state index in [0.29, 0.717) is 19.0 Å². The molecule has 0 N–H and O–H groups in total. The zero-order valence-electron chi connectivity index (χ0n) is 14.6. The van der Waals surface area contributed by atoms with Crippen molar-refractivity contribution >= 4 is 28.3 Å². The van der Waals surface area contributed by atoms with Crippen molar-refractivity contribution in [3.05, 3.63) is 35.2 Å². The molecular weight excluding hydrogens is 334 g/mol. The van der Waals surface area contributed by atoms with E-state index in [1.165, 1.54) is 10.5 Å². The SMILES string of the molecule is CC(C)c1ccc(-c2csc(N3C[C@@H]4C(=O)N(C)C(=O)[C@@H]4C3)n2)cc1. The van der Waals surface area contributed by atoms with Crippen molar-refractivity contribution in [2.75, 3.05) is 25.0 Å². The van der Waals surface area contributed by atoms with Crippen LogP contribution in [0, 0.1) is 11.8 Å². The molecule has 0 spiro atoms. The van der Waals surface area contributed by atoms with Gasteiger partial charge in [-0.05, 0) is 11.5 Å². The summed E-state index contributed by atoms with van der Waals surface area (Å²) in [6.07, 6.45) is 0. The smallest absolute Gasteiger partial charge is 0.234 e. The Balaban J connectivity index is 1.53. The standard InChI is InChI=1S/C19H21N3O2S/c1-11(2)12-4-6-13(7-5-12)16-10-25-19(20-16)22-8-14-15(9-22)18(24)21(3)17(14)23/h4-7,10-11,14-15H,8-9H2,1-3H3/t14-,15+. The number of hydrogen-bond donors (Lipinski definition) is 0. The van der Waals surface area contributed by atoms with Gasteiger partial charge < -0.3 is 4.90 Å². The maximum atomic E-state index is 12.1. The van der Waals surface area contributed by atoms with E-state index in [1.54, 1.807) is 18.4 Å². The molecule has 130 valence electrons. The Bertz CT molecular complexity index is 803. The number of amides is 2. The number of carbonyl (C=O) groups is 2. The van der Waals surface area contributed by atoms with E-state index in [4.69, 9.17) is 4.98 Å². The van der Waals surface area contributed by atoms with Gasteiger partial charge in [0.15, 0.2) is 5.13 Å². The second kappa shape index (κ2) is 5.95. The summed E-state index contributed by atoms with van der Waals surface area (Å²) in [5.41, 5.74) is 3.35. The number of thiazole rings is 1. The Morgan fingerprint density at radius 1 is 1.08 bits per heavy atom. The van der Waals surface area contributed by atoms with Crippen molar-refractivity contribution in [3.8, 4) is 11.3 Å². The predicted molar refractivity (Wildman–Crippen MR) is 98.6 cm³/mol. The lowest BCUT2D eigenvalue weighted by Crippen LogP contribution is -2.33. The molecule has 6 heteroatoms. The number of nitrogens with zero attached hydrogens (tertiary/aromatic N) is 3. The van der Waals surface area contributed by atoms with Crippen molar-refractivity contribution in [1.82, 2.24) is 9.88 Å². The first-order valence-corrected chi connectivity index (χ1v) is 9.46. The zero-order valence-corrected chi connectivity index (χ0v) is 15.4. The average Bonchev–Trinajstić information content (AvgIpc) is 3.30. The van der Waals surface area contributed by atoms with Gasteiger partial charge in [-0.1, -0.05) is 38.1 Å². The fourth-order valence-electron chi connectivity index (χ4n) is 3.65. The minimum Gasteiger partial charge on any atom is -0.346 e. The molecule has 0 radical (unpaired) electrons. The first kappa shape index (κ1) is 16.3. The van der Waals surface area contributed by atoms with Crippen LogP contribution >= 0.6 is 11.3 Å². The molecule has 0 unspecified atom stereocenters. The molecule has 2 aliphatic heterocycles. The third-order valence-corrected chi connectivity index (χ3v) is 6.15. The summed E-state index contributed by atoms with van der Waals surface area (Å²) in [5.74, 6) is -0.0280. The second-order valence-electron chi connectivity index (χ2n) is 7.15. The molecule has 5 nitrogen and oxygen atoms in total. The first-order valence-electron chi connectivity index (χ1n) is 8.58. The number of imide groups is 1. The Kier molecular flexibility index (Phi) is 3.87. The average molecular weight is 355 g/mol. The summed E-state index contributed by atoms with van der Waals surface area (Å²) in [5, 5.41) is 2.93. The van der Waals surface area contributed by atoms with Crippen LogP contribution < -0.4 is 4.90 Å². The summed E-state index contributed by atoms with van der Waals surface area (Å²) in [6, 6.07) is 8.50. The van der Waals surface area contributed by atoms with Gasteiger partial charge in [0.1, 0.15) is 0 Å². The maximum absolute atomic E-state index is 12.1.